The van der Waals surface area contributed by atoms with Gasteiger partial charge in [-0.3, -0.25) is 9.35 Å². The average molecular weight is 695 g/mol. The molecule has 45 heavy (non-hydrogen) atoms. The number of fused-ring (bicyclic) bond motifs is 1. The number of halogens is 4. The highest BCUT2D eigenvalue weighted by atomic mass is 35.5. The lowest BCUT2D eigenvalue weighted by Gasteiger charge is -2.16. The molecule has 0 fully saturated rings. The number of hydrogen-bond acceptors (Lipinski definition) is 7. The highest BCUT2D eigenvalue weighted by Crippen LogP contribution is 2.35. The maximum atomic E-state index is 13.4. The van der Waals surface area contributed by atoms with Gasteiger partial charge in [0.1, 0.15) is 5.69 Å². The molecule has 0 aromatic heterocycles. The maximum absolute atomic E-state index is 13.4. The number of benzene rings is 3. The van der Waals surface area contributed by atoms with Crippen LogP contribution in [0.4, 0.5) is 13.2 Å². The first-order chi connectivity index (χ1) is 21.3. The molecule has 0 unspecified atom stereocenters. The predicted octanol–water partition coefficient (Wildman–Crippen LogP) is 7.40. The van der Waals surface area contributed by atoms with Gasteiger partial charge >= 0.3 is 6.18 Å². The van der Waals surface area contributed by atoms with E-state index in [9.17, 15) is 26.4 Å². The number of nitrogens with zero attached hydrogens (tertiary/aromatic N) is 4. The molecule has 0 bridgehead atoms. The molecule has 0 amide bonds. The second-order valence-electron chi connectivity index (χ2n) is 10.0. The Morgan fingerprint density at radius 1 is 0.933 bits per heavy atom. The van der Waals surface area contributed by atoms with E-state index in [1.54, 1.807) is 28.6 Å². The van der Waals surface area contributed by atoms with Gasteiger partial charge in [0.05, 0.1) is 34.3 Å². The summed E-state index contributed by atoms with van der Waals surface area (Å²) < 4.78 is 72.6. The van der Waals surface area contributed by atoms with Crippen LogP contribution in [0.5, 0.6) is 0 Å². The fourth-order valence-electron chi connectivity index (χ4n) is 4.55. The van der Waals surface area contributed by atoms with Crippen LogP contribution < -0.4 is 5.56 Å². The molecule has 0 saturated heterocycles. The van der Waals surface area contributed by atoms with E-state index >= 15 is 0 Å². The van der Waals surface area contributed by atoms with Crippen LogP contribution in [0.3, 0.4) is 0 Å². The highest BCUT2D eigenvalue weighted by Gasteiger charge is 2.30. The summed E-state index contributed by atoms with van der Waals surface area (Å²) >= 11 is 9.85. The molecular formula is C30H26ClF3N4O4S3. The molecule has 0 aliphatic carbocycles. The summed E-state index contributed by atoms with van der Waals surface area (Å²) in [6, 6.07) is 19.4. The third kappa shape index (κ3) is 8.11. The number of hydrogen-bond donors (Lipinski definition) is 1. The number of rotatable bonds is 11. The molecule has 0 radical (unpaired) electrons. The zero-order valence-corrected chi connectivity index (χ0v) is 26.9. The number of thioether (sulfide) groups is 2. The van der Waals surface area contributed by atoms with E-state index in [1.807, 2.05) is 42.7 Å². The molecule has 5 rings (SSSR count). The van der Waals surface area contributed by atoms with Crippen LogP contribution in [-0.2, 0) is 22.8 Å². The molecule has 15 heteroatoms. The Hall–Kier alpha value is -3.30. The summed E-state index contributed by atoms with van der Waals surface area (Å²) in [6.45, 7) is -0.0397. The second-order valence-corrected chi connectivity index (χ2v) is 14.0. The molecule has 0 atom stereocenters. The quantitative estimate of drug-likeness (QED) is 0.0866. The Balaban J connectivity index is 1.50. The summed E-state index contributed by atoms with van der Waals surface area (Å²) in [5.74, 6) is 0.342. The highest BCUT2D eigenvalue weighted by molar-refractivity contribution is 7.99. The van der Waals surface area contributed by atoms with Gasteiger partial charge in [0.2, 0.25) is 0 Å². The minimum Gasteiger partial charge on any atom is -0.286 e. The predicted molar refractivity (Wildman–Crippen MR) is 171 cm³/mol. The van der Waals surface area contributed by atoms with Gasteiger partial charge in [-0.1, -0.05) is 29.8 Å². The zero-order valence-electron chi connectivity index (χ0n) is 23.7. The van der Waals surface area contributed by atoms with Gasteiger partial charge in [-0.15, -0.1) is 23.5 Å². The molecule has 0 saturated carbocycles. The van der Waals surface area contributed by atoms with Gasteiger partial charge in [0.25, 0.3) is 15.7 Å². The van der Waals surface area contributed by atoms with E-state index in [0.717, 1.165) is 21.9 Å². The largest absolute Gasteiger partial charge is 0.416 e. The minimum atomic E-state index is -4.46. The Labute approximate surface area is 270 Å². The molecular weight excluding hydrogens is 669 g/mol. The van der Waals surface area contributed by atoms with Gasteiger partial charge in [-0.2, -0.15) is 31.8 Å². The average Bonchev–Trinajstić information content (AvgIpc) is 3.29. The van der Waals surface area contributed by atoms with Crippen LogP contribution in [0.2, 0.25) is 5.02 Å². The van der Waals surface area contributed by atoms with Gasteiger partial charge in [-0.25, -0.2) is 9.36 Å². The SMILES string of the molecule is CSc1ccc(-n2nc3c(=O)n(Cc4ccc(C(F)(F)F)cc4)nc-3cc2-c2ccc(SCCCCS(=O)(=O)O)cc2Cl)cc1. The summed E-state index contributed by atoms with van der Waals surface area (Å²) in [5, 5.41) is 9.53. The van der Waals surface area contributed by atoms with E-state index in [1.165, 1.54) is 28.6 Å². The van der Waals surface area contributed by atoms with Crippen molar-refractivity contribution in [2.45, 2.75) is 35.4 Å². The maximum Gasteiger partial charge on any atom is 0.416 e. The smallest absolute Gasteiger partial charge is 0.286 e. The minimum absolute atomic E-state index is 0.0397. The topological polar surface area (TPSA) is 107 Å². The molecule has 3 aromatic carbocycles. The fraction of sp³-hybridized carbons (Fsp3) is 0.233. The number of alkyl halides is 3. The molecule has 0 spiro atoms. The van der Waals surface area contributed by atoms with Gasteiger partial charge in [-0.05, 0) is 85.0 Å². The lowest BCUT2D eigenvalue weighted by Crippen LogP contribution is -2.19. The Morgan fingerprint density at radius 2 is 1.62 bits per heavy atom. The van der Waals surface area contributed by atoms with Gasteiger partial charge in [0, 0.05) is 15.4 Å². The Kier molecular flexibility index (Phi) is 9.99. The first kappa shape index (κ1) is 33.1. The molecule has 2 heterocycles. The van der Waals surface area contributed by atoms with E-state index in [0.29, 0.717) is 51.8 Å². The molecule has 3 aromatic rings. The van der Waals surface area contributed by atoms with Gasteiger partial charge < -0.3 is 0 Å². The van der Waals surface area contributed by atoms with Crippen LogP contribution >= 0.6 is 35.1 Å². The van der Waals surface area contributed by atoms with Crippen LogP contribution in [-0.4, -0.2) is 50.3 Å². The van der Waals surface area contributed by atoms with Crippen molar-refractivity contribution in [3.63, 3.8) is 0 Å². The first-order valence-corrected chi connectivity index (χ1v) is 17.7. The third-order valence-corrected chi connectivity index (χ3v) is 9.76. The Morgan fingerprint density at radius 3 is 2.24 bits per heavy atom. The molecule has 1 N–H and O–H groups in total. The number of unbranched alkanes of at least 4 members (excludes halogenated alkanes) is 1. The van der Waals surface area contributed by atoms with Crippen LogP contribution in [0.15, 0.2) is 87.4 Å². The van der Waals surface area contributed by atoms with Crippen molar-refractivity contribution in [3.8, 4) is 28.3 Å². The molecule has 236 valence electrons. The normalized spacial score (nSPS) is 12.2. The van der Waals surface area contributed by atoms with Crippen LogP contribution in [0.1, 0.15) is 24.0 Å². The summed E-state index contributed by atoms with van der Waals surface area (Å²) in [7, 11) is -3.99. The van der Waals surface area contributed by atoms with E-state index < -0.39 is 27.4 Å². The molecule has 8 nitrogen and oxygen atoms in total. The lowest BCUT2D eigenvalue weighted by atomic mass is 10.1. The lowest BCUT2D eigenvalue weighted by molar-refractivity contribution is -0.137. The van der Waals surface area contributed by atoms with E-state index in [-0.39, 0.29) is 18.0 Å². The second kappa shape index (κ2) is 13.6. The monoisotopic (exact) mass is 694 g/mol. The van der Waals surface area contributed by atoms with Crippen molar-refractivity contribution in [2.24, 2.45) is 0 Å². The van der Waals surface area contributed by atoms with E-state index in [4.69, 9.17) is 16.2 Å². The first-order valence-electron chi connectivity index (χ1n) is 13.5. The standard InChI is InChI=1S/C30H26ClF3N4O4S3/c1-43-22-10-8-21(9-11-22)38-27(24-13-12-23(16-25(24)31)44-14-2-3-15-45(40,41)42)17-26-28(36-38)29(39)37(35-26)18-19-4-6-20(7-5-19)30(32,33)34/h4-13,16-17H,2-3,14-15,18H2,1H3,(H,40,41,42). The van der Waals surface area contributed by atoms with Crippen LogP contribution in [0, 0.1) is 0 Å². The van der Waals surface area contributed by atoms with Crippen LogP contribution in [0.25, 0.3) is 28.3 Å². The van der Waals surface area contributed by atoms with Crippen molar-refractivity contribution < 1.29 is 26.1 Å². The Bertz CT molecular complexity index is 1950. The van der Waals surface area contributed by atoms with Crippen molar-refractivity contribution in [1.82, 2.24) is 19.6 Å². The van der Waals surface area contributed by atoms with Crippen molar-refractivity contribution in [1.29, 1.82) is 0 Å². The fourth-order valence-corrected chi connectivity index (χ4v) is 6.82. The molecule has 2 aliphatic rings. The summed E-state index contributed by atoms with van der Waals surface area (Å²) in [5.41, 5.74) is 1.46. The van der Waals surface area contributed by atoms with E-state index in [2.05, 4.69) is 10.2 Å². The summed E-state index contributed by atoms with van der Waals surface area (Å²) in [6.07, 6.45) is -1.58. The van der Waals surface area contributed by atoms with Crippen molar-refractivity contribution in [3.05, 3.63) is 99.3 Å². The van der Waals surface area contributed by atoms with Crippen molar-refractivity contribution in [2.75, 3.05) is 17.8 Å². The summed E-state index contributed by atoms with van der Waals surface area (Å²) in [4.78, 5) is 15.3. The third-order valence-electron chi connectivity index (χ3n) is 6.82. The van der Waals surface area contributed by atoms with Gasteiger partial charge in [0.15, 0.2) is 5.69 Å². The molecule has 2 aliphatic heterocycles. The zero-order chi connectivity index (χ0) is 32.4. The van der Waals surface area contributed by atoms with Crippen molar-refractivity contribution >= 4 is 45.2 Å². The number of aromatic nitrogens is 4.